The maximum Gasteiger partial charge on any atom is 0.695 e. The summed E-state index contributed by atoms with van der Waals surface area (Å²) in [5, 5.41) is 41.3. The fourth-order valence-electron chi connectivity index (χ4n) is 17.7. The third-order valence-corrected chi connectivity index (χ3v) is 36.4. The van der Waals surface area contributed by atoms with E-state index in [4.69, 9.17) is 55.1 Å². The Morgan fingerprint density at radius 3 is 1.21 bits per heavy atom. The number of aryl methyl sites for hydroxylation is 3. The molecule has 6 aromatic heterocycles. The number of hydrogen-bond donors (Lipinski definition) is 8. The highest BCUT2D eigenvalue weighted by atomic mass is 35.5. The summed E-state index contributed by atoms with van der Waals surface area (Å²) in [5.41, 5.74) is 6.46. The van der Waals surface area contributed by atoms with Crippen molar-refractivity contribution in [1.29, 1.82) is 0 Å². The van der Waals surface area contributed by atoms with Crippen LogP contribution in [0, 0.1) is 50.8 Å². The molecule has 3 fully saturated rings. The number of nitrogens with one attached hydrogen (secondary N) is 3. The number of H-pyrrole nitrogens is 3. The number of halogens is 1. The van der Waals surface area contributed by atoms with Gasteiger partial charge in [-0.3, -0.25) is 28.1 Å². The molecule has 13 atom stereocenters. The average Bonchev–Trinajstić information content (AvgIpc) is 1.49. The number of aliphatic hydroxyl groups is 4. The number of ether oxygens (including phenoxy) is 5. The zero-order valence-corrected chi connectivity index (χ0v) is 75.8. The molecule has 0 bridgehead atoms. The lowest BCUT2D eigenvalue weighted by molar-refractivity contribution is -0.0493. The van der Waals surface area contributed by atoms with E-state index in [0.717, 1.165) is 53.9 Å². The van der Waals surface area contributed by atoms with E-state index in [1.807, 2.05) is 99.4 Å². The zero-order chi connectivity index (χ0) is 87.0. The van der Waals surface area contributed by atoms with Gasteiger partial charge in [0, 0.05) is 35.5 Å². The standard InChI is InChI=1S/C23H40N4O4Si.C22H37N4O7PSi.C21H19ClO2.C14H20N4O4.C4H7B/c1-9-18-17(10-11-30-32(13(2)3,14(4)5)15(6)7)20(28)23(31-18)27-12-24-19-21(27)25-16(8)26-22(19)29;1-12(2)35(13(3)4,14(5)6)31-9-8-16-17(10-27)32-22(19(16)33-34(29)30)26-11-23-18-20(26)24-15(7)25-21(18)28;1-23-19-12-8-17(9-13-19)21(22,16-6-4-3-5-7-16)18-10-14-20(24-2)15-11-18;1-3-4-8-9(5-19)22-14(11(8)20)18-6-15-10-12(18)16-7(2)17-13(10)21;1-4-5(2)3/h12-15,17-18,20,23,28H,9-11H2,1-8H3,(H,25,26,29);11-14,16-17,19,22,27H,8-10H2,1-7H3,(H-,24,25,28,29,30);3-15H,1-2H3;6,8-9,11,14,19-20H,3-5H2,1-2H3,(H,16,17,21);1H,2-3H3/p+1/t17-,18+,20?,23+;16-,17+,19?,22+;;8-,9+,11?,14+;/m00.0./s1. The molecule has 9 aromatic rings. The lowest BCUT2D eigenvalue weighted by atomic mass is 9.56. The van der Waals surface area contributed by atoms with Crippen LogP contribution in [0.3, 0.4) is 0 Å². The summed E-state index contributed by atoms with van der Waals surface area (Å²) in [6.45, 7) is 41.1. The number of aromatic amines is 3. The van der Waals surface area contributed by atoms with E-state index >= 15 is 0 Å². The van der Waals surface area contributed by atoms with Gasteiger partial charge in [-0.05, 0) is 121 Å². The van der Waals surface area contributed by atoms with E-state index in [0.29, 0.717) is 88.4 Å². The largest absolute Gasteiger partial charge is 0.695 e. The summed E-state index contributed by atoms with van der Waals surface area (Å²) in [4.78, 5) is 78.6. The van der Waals surface area contributed by atoms with E-state index in [-0.39, 0.29) is 64.5 Å². The van der Waals surface area contributed by atoms with Crippen LogP contribution in [-0.2, 0) is 37.0 Å². The number of imidazole rings is 3. The number of fused-ring (bicyclic) bond motifs is 3. The minimum Gasteiger partial charge on any atom is -0.497 e. The van der Waals surface area contributed by atoms with Gasteiger partial charge in [0.1, 0.15) is 46.1 Å². The number of hydrogen-bond acceptors (Lipinski definition) is 22. The van der Waals surface area contributed by atoms with E-state index in [1.54, 1.807) is 50.5 Å². The molecule has 0 spiro atoms. The fourth-order valence-corrected chi connectivity index (χ4v) is 29.4. The summed E-state index contributed by atoms with van der Waals surface area (Å²) in [6.07, 6.45) is 7.16. The molecule has 0 aliphatic carbocycles. The Kier molecular flexibility index (Phi) is 34.7. The molecule has 12 rings (SSSR count). The van der Waals surface area contributed by atoms with Gasteiger partial charge in [-0.1, -0.05) is 172 Å². The zero-order valence-electron chi connectivity index (χ0n) is 72.1. The molecule has 0 saturated carbocycles. The van der Waals surface area contributed by atoms with Gasteiger partial charge < -0.3 is 67.9 Å². The van der Waals surface area contributed by atoms with Gasteiger partial charge in [-0.2, -0.15) is 5.82 Å². The molecule has 34 heteroatoms. The van der Waals surface area contributed by atoms with Crippen LogP contribution in [0.2, 0.25) is 46.9 Å². The van der Waals surface area contributed by atoms with Crippen molar-refractivity contribution >= 4 is 76.7 Å². The molecule has 3 saturated heterocycles. The van der Waals surface area contributed by atoms with E-state index in [2.05, 4.69) is 141 Å². The van der Waals surface area contributed by atoms with Crippen LogP contribution in [0.1, 0.15) is 182 Å². The Morgan fingerprint density at radius 1 is 0.551 bits per heavy atom. The highest BCUT2D eigenvalue weighted by Crippen LogP contribution is 2.49. The summed E-state index contributed by atoms with van der Waals surface area (Å²) in [5.74, 6) is 4.89. The Bertz CT molecular complexity index is 4830. The number of nitrogens with zero attached hydrogens (tertiary/aromatic N) is 9. The number of rotatable bonds is 29. The van der Waals surface area contributed by atoms with Crippen LogP contribution in [0.5, 0.6) is 11.5 Å². The number of benzene rings is 3. The second kappa shape index (κ2) is 42.7. The highest BCUT2D eigenvalue weighted by Gasteiger charge is 2.53. The summed E-state index contributed by atoms with van der Waals surface area (Å²) < 4.78 is 64.1. The van der Waals surface area contributed by atoms with Gasteiger partial charge >= 0.3 is 8.25 Å². The highest BCUT2D eigenvalue weighted by molar-refractivity contribution is 7.32. The van der Waals surface area contributed by atoms with Crippen molar-refractivity contribution in [3.63, 3.8) is 0 Å². The van der Waals surface area contributed by atoms with Crippen LogP contribution >= 0.6 is 19.9 Å². The first-order chi connectivity index (χ1) is 56.0. The molecule has 0 radical (unpaired) electrons. The van der Waals surface area contributed by atoms with Crippen molar-refractivity contribution < 1.29 is 66.9 Å². The summed E-state index contributed by atoms with van der Waals surface area (Å²) >= 11 is 7.22. The second-order valence-corrected chi connectivity index (χ2v) is 44.8. The lowest BCUT2D eigenvalue weighted by Crippen LogP contribution is -2.48. The quantitative estimate of drug-likeness (QED) is 0.00709. The van der Waals surface area contributed by atoms with Crippen LogP contribution < -0.4 is 26.2 Å². The first kappa shape index (κ1) is 95.8. The first-order valence-electron chi connectivity index (χ1n) is 40.9. The number of aromatic nitrogens is 12. The average molecular weight is 1710 g/mol. The van der Waals surface area contributed by atoms with Crippen LogP contribution in [0.15, 0.2) is 112 Å². The van der Waals surface area contributed by atoms with Crippen molar-refractivity contribution in [3.8, 4) is 23.7 Å². The predicted molar refractivity (Wildman–Crippen MR) is 465 cm³/mol. The molecule has 4 unspecified atom stereocenters. The van der Waals surface area contributed by atoms with Gasteiger partial charge in [-0.25, -0.2) is 29.9 Å². The SMILES string of the molecule is C#CB(C)C.CCC[C@@H]1C(O)[C@H](n2cnc3c(=O)[nH]c(C)nc32)O[C@@H]1CO.CC[C@H]1O[C@@H](n2cnc3c(=O)[nH]c(C)nc32)C(O)[C@H]1CCO[Si](C(C)C)(C(C)C)C(C)C.COc1ccc(C(Cl)(c2ccccc2)c2ccc(OC)cc2)cc1.Cc1nc2c(ncn2[C@@H]2O[C@H](CO)[C@H](CCO[Si](C(C)C)(C(C)C)C(C)C)C2O[P+](=O)O)c(=O)[nH]1. The molecule has 0 amide bonds. The van der Waals surface area contributed by atoms with Crippen LogP contribution in [0.4, 0.5) is 0 Å². The topological polar surface area (TPSA) is 383 Å². The van der Waals surface area contributed by atoms with Crippen molar-refractivity contribution in [1.82, 2.24) is 58.6 Å². The molecule has 8 N–H and O–H groups in total. The Balaban J connectivity index is 0.000000195. The van der Waals surface area contributed by atoms with Crippen molar-refractivity contribution in [2.24, 2.45) is 17.8 Å². The molecular weight excluding hydrogens is 1580 g/mol. The molecule has 3 aliphatic rings. The van der Waals surface area contributed by atoms with E-state index in [9.17, 15) is 44.3 Å². The monoisotopic (exact) mass is 1710 g/mol. The number of methoxy groups -OCH3 is 2. The molecule has 644 valence electrons. The van der Waals surface area contributed by atoms with Gasteiger partial charge in [0.15, 0.2) is 74.9 Å². The van der Waals surface area contributed by atoms with Crippen LogP contribution in [-0.4, -0.2) is 184 Å². The molecule has 3 aliphatic heterocycles. The molecule has 3 aromatic carbocycles. The molecular formula is C84H124BClN12O17PSi2+. The smallest absolute Gasteiger partial charge is 0.497 e. The second-order valence-electron chi connectivity index (χ2n) is 32.7. The Hall–Kier alpha value is -7.68. The number of terminal acetylenes is 1. The molecule has 9 heterocycles. The van der Waals surface area contributed by atoms with Crippen molar-refractivity contribution in [2.45, 2.75) is 257 Å². The van der Waals surface area contributed by atoms with Gasteiger partial charge in [0.25, 0.3) is 16.7 Å². The normalized spacial score (nSPS) is 21.5. The predicted octanol–water partition coefficient (Wildman–Crippen LogP) is 14.1. The van der Waals surface area contributed by atoms with Gasteiger partial charge in [0.05, 0.1) is 64.7 Å². The maximum atomic E-state index is 12.3. The Morgan fingerprint density at radius 2 is 0.881 bits per heavy atom. The van der Waals surface area contributed by atoms with Crippen molar-refractivity contribution in [3.05, 3.63) is 163 Å². The Labute approximate surface area is 700 Å². The minimum atomic E-state index is -2.95. The summed E-state index contributed by atoms with van der Waals surface area (Å²) in [7, 11) is -3.72. The number of alkyl halides is 1. The maximum absolute atomic E-state index is 12.3. The fraction of sp³-hybridized carbons (Fsp3) is 0.583. The third kappa shape index (κ3) is 21.2. The lowest BCUT2D eigenvalue weighted by Gasteiger charge is -2.42. The van der Waals surface area contributed by atoms with Gasteiger partial charge in [0.2, 0.25) is 6.71 Å². The van der Waals surface area contributed by atoms with Gasteiger partial charge in [-0.15, -0.1) is 27.4 Å². The van der Waals surface area contributed by atoms with E-state index < -0.39 is 90.4 Å². The van der Waals surface area contributed by atoms with E-state index in [1.165, 1.54) is 17.2 Å². The first-order valence-corrected chi connectivity index (χ1v) is 46.7. The van der Waals surface area contributed by atoms with Crippen molar-refractivity contribution in [2.75, 3.05) is 40.6 Å². The third-order valence-electron chi connectivity index (χ3n) is 23.1. The van der Waals surface area contributed by atoms with Crippen LogP contribution in [0.25, 0.3) is 33.5 Å². The molecule has 118 heavy (non-hydrogen) atoms. The molecule has 29 nitrogen and oxygen atoms in total. The summed E-state index contributed by atoms with van der Waals surface area (Å²) in [6, 6.07) is 25.8. The minimum absolute atomic E-state index is 0.0521. The number of aliphatic hydroxyl groups excluding tert-OH is 4.